The summed E-state index contributed by atoms with van der Waals surface area (Å²) >= 11 is 0. The Bertz CT molecular complexity index is 1810. The van der Waals surface area contributed by atoms with E-state index >= 15 is 0 Å². The molecule has 48 heavy (non-hydrogen) atoms. The first-order chi connectivity index (χ1) is 22.6. The molecule has 2 aromatic rings. The molecule has 6 rings (SSSR count). The maximum Gasteiger partial charge on any atom is 0.255 e. The first-order valence-electron chi connectivity index (χ1n) is 15.9. The minimum atomic E-state index is -2.73. The number of fused-ring (bicyclic) bond motifs is 3. The Morgan fingerprint density at radius 1 is 1.06 bits per heavy atom. The molecule has 0 aromatic heterocycles. The van der Waals surface area contributed by atoms with Gasteiger partial charge >= 0.3 is 0 Å². The van der Waals surface area contributed by atoms with E-state index in [1.807, 2.05) is 19.1 Å². The van der Waals surface area contributed by atoms with Crippen molar-refractivity contribution < 1.29 is 39.6 Å². The van der Waals surface area contributed by atoms with E-state index in [0.29, 0.717) is 30.9 Å². The SMILES string of the molecule is Cc1ccc(CN2CC(C(=O)Nc3cc(N(C)C)c4c(c3O)C(=O)C3=C(O)[C@]5(O)C(=O)C(C(N)=O)=C(O)[C@@H](N(C)C)[C@@H]5C[C@@H]3C4)C2)cc1. The zero-order chi connectivity index (χ0) is 35.0. The van der Waals surface area contributed by atoms with Gasteiger partial charge in [0.25, 0.3) is 5.91 Å². The van der Waals surface area contributed by atoms with Crippen molar-refractivity contribution in [2.75, 3.05) is 51.5 Å². The summed E-state index contributed by atoms with van der Waals surface area (Å²) in [6.07, 6.45) is 0.124. The second kappa shape index (κ2) is 11.8. The van der Waals surface area contributed by atoms with Gasteiger partial charge < -0.3 is 36.4 Å². The topological polar surface area (TPSA) is 197 Å². The first-order valence-corrected chi connectivity index (χ1v) is 15.9. The molecule has 254 valence electrons. The molecule has 0 bridgehead atoms. The molecule has 2 aromatic carbocycles. The highest BCUT2D eigenvalue weighted by molar-refractivity contribution is 6.25. The molecule has 13 nitrogen and oxygen atoms in total. The Labute approximate surface area is 277 Å². The number of hydrogen-bond donors (Lipinski definition) is 6. The van der Waals surface area contributed by atoms with Crippen LogP contribution in [0.1, 0.15) is 33.5 Å². The number of amides is 2. The van der Waals surface area contributed by atoms with E-state index in [4.69, 9.17) is 5.73 Å². The normalized spacial score (nSPS) is 25.8. The number of carbonyl (C=O) groups excluding carboxylic acids is 4. The maximum absolute atomic E-state index is 14.3. The van der Waals surface area contributed by atoms with Crippen LogP contribution < -0.4 is 16.0 Å². The van der Waals surface area contributed by atoms with E-state index < -0.39 is 63.8 Å². The van der Waals surface area contributed by atoms with Crippen LogP contribution in [0.15, 0.2) is 53.0 Å². The van der Waals surface area contributed by atoms with Gasteiger partial charge in [-0.2, -0.15) is 0 Å². The highest BCUT2D eigenvalue weighted by Crippen LogP contribution is 2.54. The number of Topliss-reactive ketones (excluding diaryl/α,β-unsaturated/α-hetero) is 2. The number of ketones is 2. The quantitative estimate of drug-likeness (QED) is 0.186. The lowest BCUT2D eigenvalue weighted by atomic mass is 9.58. The van der Waals surface area contributed by atoms with Crippen LogP contribution in [0.5, 0.6) is 5.75 Å². The van der Waals surface area contributed by atoms with Gasteiger partial charge in [0, 0.05) is 50.9 Å². The summed E-state index contributed by atoms with van der Waals surface area (Å²) < 4.78 is 0. The molecule has 0 spiro atoms. The number of allylic oxidation sites excluding steroid dienone is 1. The van der Waals surface area contributed by atoms with E-state index in [1.165, 1.54) is 10.5 Å². The number of likely N-dealkylation sites (N-methyl/N-ethyl adjacent to an activating group) is 1. The highest BCUT2D eigenvalue weighted by Gasteiger charge is 2.63. The molecule has 13 heteroatoms. The second-order valence-electron chi connectivity index (χ2n) is 13.9. The molecule has 0 unspecified atom stereocenters. The Morgan fingerprint density at radius 2 is 1.71 bits per heavy atom. The van der Waals surface area contributed by atoms with E-state index in [1.54, 1.807) is 39.2 Å². The maximum atomic E-state index is 14.3. The molecule has 0 saturated carbocycles. The third kappa shape index (κ3) is 5.04. The van der Waals surface area contributed by atoms with Crippen LogP contribution in [0.25, 0.3) is 0 Å². The predicted molar refractivity (Wildman–Crippen MR) is 177 cm³/mol. The first kappa shape index (κ1) is 33.2. The largest absolute Gasteiger partial charge is 0.510 e. The molecule has 4 atom stereocenters. The van der Waals surface area contributed by atoms with Crippen LogP contribution in [-0.4, -0.2) is 107 Å². The van der Waals surface area contributed by atoms with E-state index in [0.717, 1.165) is 5.56 Å². The number of rotatable bonds is 7. The lowest BCUT2D eigenvalue weighted by Crippen LogP contribution is -2.63. The van der Waals surface area contributed by atoms with Crippen molar-refractivity contribution in [2.45, 2.75) is 38.0 Å². The van der Waals surface area contributed by atoms with Gasteiger partial charge in [-0.3, -0.25) is 29.0 Å². The summed E-state index contributed by atoms with van der Waals surface area (Å²) in [5, 5.41) is 48.7. The Kier molecular flexibility index (Phi) is 8.13. The Hall–Kier alpha value is -4.72. The minimum absolute atomic E-state index is 0.0152. The number of likely N-dealkylation sites (tertiary alicyclic amines) is 1. The molecule has 0 radical (unpaired) electrons. The van der Waals surface area contributed by atoms with Crippen LogP contribution in [0.3, 0.4) is 0 Å². The molecular formula is C35H41N5O8. The summed E-state index contributed by atoms with van der Waals surface area (Å²) in [5.41, 5.74) is 4.76. The van der Waals surface area contributed by atoms with Crippen molar-refractivity contribution in [2.24, 2.45) is 23.5 Å². The van der Waals surface area contributed by atoms with Gasteiger partial charge in [0.1, 0.15) is 17.1 Å². The summed E-state index contributed by atoms with van der Waals surface area (Å²) in [4.78, 5) is 58.8. The average molecular weight is 660 g/mol. The smallest absolute Gasteiger partial charge is 0.255 e. The van der Waals surface area contributed by atoms with Crippen LogP contribution in [-0.2, 0) is 27.3 Å². The van der Waals surface area contributed by atoms with Gasteiger partial charge in [0.2, 0.25) is 11.7 Å². The number of aromatic hydroxyl groups is 1. The monoisotopic (exact) mass is 659 g/mol. The number of aliphatic hydroxyl groups excluding tert-OH is 2. The number of aryl methyl sites for hydroxylation is 1. The van der Waals surface area contributed by atoms with Crippen LogP contribution in [0.4, 0.5) is 11.4 Å². The van der Waals surface area contributed by atoms with Gasteiger partial charge in [0.15, 0.2) is 17.1 Å². The van der Waals surface area contributed by atoms with Crippen LogP contribution >= 0.6 is 0 Å². The summed E-state index contributed by atoms with van der Waals surface area (Å²) in [6.45, 7) is 3.76. The van der Waals surface area contributed by atoms with Gasteiger partial charge in [0.05, 0.1) is 23.2 Å². The molecule has 1 aliphatic heterocycles. The van der Waals surface area contributed by atoms with Crippen molar-refractivity contribution in [1.29, 1.82) is 0 Å². The fourth-order valence-corrected chi connectivity index (χ4v) is 7.84. The van der Waals surface area contributed by atoms with Crippen LogP contribution in [0.2, 0.25) is 0 Å². The summed E-state index contributed by atoms with van der Waals surface area (Å²) in [5.74, 6) is -7.93. The number of carbonyl (C=O) groups is 4. The van der Waals surface area contributed by atoms with Gasteiger partial charge in [-0.15, -0.1) is 0 Å². The molecule has 2 amide bonds. The van der Waals surface area contributed by atoms with Crippen molar-refractivity contribution >= 4 is 34.8 Å². The Morgan fingerprint density at radius 3 is 2.29 bits per heavy atom. The zero-order valence-electron chi connectivity index (χ0n) is 27.6. The second-order valence-corrected chi connectivity index (χ2v) is 13.9. The molecule has 7 N–H and O–H groups in total. The van der Waals surface area contributed by atoms with Crippen LogP contribution in [0, 0.1) is 24.7 Å². The fraction of sp³-hybridized carbons (Fsp3) is 0.429. The van der Waals surface area contributed by atoms with Crippen molar-refractivity contribution in [3.05, 3.63) is 75.3 Å². The van der Waals surface area contributed by atoms with Gasteiger partial charge in [-0.05, 0) is 57.0 Å². The fourth-order valence-electron chi connectivity index (χ4n) is 7.84. The van der Waals surface area contributed by atoms with Gasteiger partial charge in [-0.25, -0.2) is 0 Å². The molecule has 3 aliphatic carbocycles. The number of benzene rings is 2. The van der Waals surface area contributed by atoms with E-state index in [2.05, 4.69) is 22.3 Å². The minimum Gasteiger partial charge on any atom is -0.510 e. The number of nitrogens with one attached hydrogen (secondary N) is 1. The third-order valence-electron chi connectivity index (χ3n) is 10.3. The number of anilines is 2. The number of primary amides is 1. The molecule has 1 heterocycles. The predicted octanol–water partition coefficient (Wildman–Crippen LogP) is 1.57. The number of nitrogens with two attached hydrogens (primary N) is 1. The number of phenols is 1. The summed E-state index contributed by atoms with van der Waals surface area (Å²) in [6, 6.07) is 8.72. The Balaban J connectivity index is 1.33. The molecule has 1 saturated heterocycles. The summed E-state index contributed by atoms with van der Waals surface area (Å²) in [7, 11) is 6.68. The number of nitrogens with zero attached hydrogens (tertiary/aromatic N) is 3. The average Bonchev–Trinajstić information content (AvgIpc) is 2.98. The molecule has 1 fully saturated rings. The lowest BCUT2D eigenvalue weighted by Gasteiger charge is -2.50. The van der Waals surface area contributed by atoms with E-state index in [9.17, 15) is 39.6 Å². The highest BCUT2D eigenvalue weighted by atomic mass is 16.3. The van der Waals surface area contributed by atoms with Crippen molar-refractivity contribution in [3.63, 3.8) is 0 Å². The number of hydrogen-bond acceptors (Lipinski definition) is 11. The molecule has 4 aliphatic rings. The zero-order valence-corrected chi connectivity index (χ0v) is 27.6. The molecular weight excluding hydrogens is 618 g/mol. The standard InChI is InChI=1S/C35H41N5O8/c1-16-6-8-17(9-7-16)13-40-14-19(15-40)34(47)37-22-12-23(38(2)3)20-10-18-11-21-27(39(4)5)30(43)26(33(36)46)32(45)35(21,48)31(44)24(18)29(42)25(20)28(22)41/h6-9,12,18-19,21,27,41,43-44,48H,10-11,13-15H2,1-5H3,(H2,36,46)(H,37,47)/t18-,21-,27-,35-/m0/s1. The third-order valence-corrected chi connectivity index (χ3v) is 10.3. The van der Waals surface area contributed by atoms with Crippen molar-refractivity contribution in [3.8, 4) is 5.75 Å². The van der Waals surface area contributed by atoms with E-state index in [-0.39, 0.29) is 41.5 Å². The number of phenolic OH excluding ortho intramolecular Hbond substituents is 1. The van der Waals surface area contributed by atoms with Gasteiger partial charge in [-0.1, -0.05) is 29.8 Å². The number of aliphatic hydroxyl groups is 3. The van der Waals surface area contributed by atoms with Crippen molar-refractivity contribution in [1.82, 2.24) is 9.80 Å². The lowest BCUT2D eigenvalue weighted by molar-refractivity contribution is -0.148.